The van der Waals surface area contributed by atoms with Crippen LogP contribution in [0.2, 0.25) is 0 Å². The Labute approximate surface area is 150 Å². The van der Waals surface area contributed by atoms with Crippen molar-refractivity contribution in [1.29, 1.82) is 0 Å². The molecule has 5 atom stereocenters. The van der Waals surface area contributed by atoms with Crippen LogP contribution in [0.3, 0.4) is 0 Å². The van der Waals surface area contributed by atoms with E-state index in [1.54, 1.807) is 0 Å². The average molecular weight is 324 g/mol. The summed E-state index contributed by atoms with van der Waals surface area (Å²) in [6, 6.07) is 0. The Bertz CT molecular complexity index is 875. The molecule has 0 aromatic heterocycles. The van der Waals surface area contributed by atoms with Gasteiger partial charge < -0.3 is 4.55 Å². The van der Waals surface area contributed by atoms with Gasteiger partial charge in [-0.15, -0.1) is 0 Å². The second-order valence-electron chi connectivity index (χ2n) is 8.39. The second-order valence-corrected chi connectivity index (χ2v) is 9.71. The van der Waals surface area contributed by atoms with Crippen molar-refractivity contribution in [3.63, 3.8) is 0 Å². The number of fused-ring (bicyclic) bond motifs is 5. The van der Waals surface area contributed by atoms with E-state index in [-0.39, 0.29) is 34.6 Å². The van der Waals surface area contributed by atoms with Gasteiger partial charge in [0.25, 0.3) is 0 Å². The van der Waals surface area contributed by atoms with Crippen molar-refractivity contribution in [1.82, 2.24) is 0 Å². The molecule has 0 saturated heterocycles. The van der Waals surface area contributed by atoms with Crippen LogP contribution in [0.5, 0.6) is 0 Å². The molecule has 1 aromatic rings. The fraction of sp³-hybridized carbons (Fsp3) is 0.667. The van der Waals surface area contributed by atoms with Gasteiger partial charge in [0.2, 0.25) is 0 Å². The minimum atomic E-state index is -4.39. The van der Waals surface area contributed by atoms with Crippen molar-refractivity contribution in [3.05, 3.63) is 27.8 Å². The van der Waals surface area contributed by atoms with Crippen LogP contribution in [0.25, 0.3) is 0 Å². The quantitative estimate of drug-likeness (QED) is 0.539. The summed E-state index contributed by atoms with van der Waals surface area (Å²) in [5.41, 5.74) is 5.71. The SMILES string of the molecule is CC1Cc2c1c1c(S(=O)(=O)[O-])c3c2C2(C)C(C)CC32C(C)C1.[Li+]. The molecule has 4 aliphatic carbocycles. The largest absolute Gasteiger partial charge is 1.00 e. The van der Waals surface area contributed by atoms with Gasteiger partial charge in [-0.2, -0.15) is 0 Å². The summed E-state index contributed by atoms with van der Waals surface area (Å²) in [5, 5.41) is 0. The molecule has 1 aromatic carbocycles. The Morgan fingerprint density at radius 1 is 1.04 bits per heavy atom. The molecule has 0 radical (unpaired) electrons. The zero-order chi connectivity index (χ0) is 15.8. The van der Waals surface area contributed by atoms with E-state index in [2.05, 4.69) is 27.7 Å². The monoisotopic (exact) mass is 324 g/mol. The molecule has 0 heterocycles. The van der Waals surface area contributed by atoms with Crippen molar-refractivity contribution < 1.29 is 31.8 Å². The predicted octanol–water partition coefficient (Wildman–Crippen LogP) is -0.00460. The second kappa shape index (κ2) is 4.10. The van der Waals surface area contributed by atoms with E-state index in [1.165, 1.54) is 16.7 Å². The predicted molar refractivity (Wildman–Crippen MR) is 82.2 cm³/mol. The molecule has 1 fully saturated rings. The van der Waals surface area contributed by atoms with E-state index in [9.17, 15) is 13.0 Å². The molecule has 5 heteroatoms. The molecule has 4 aliphatic rings. The molecule has 0 aliphatic heterocycles. The van der Waals surface area contributed by atoms with E-state index < -0.39 is 10.1 Å². The first-order chi connectivity index (χ1) is 10.2. The van der Waals surface area contributed by atoms with Gasteiger partial charge in [-0.25, -0.2) is 8.42 Å². The van der Waals surface area contributed by atoms with Crippen LogP contribution in [0, 0.1) is 11.8 Å². The normalized spacial score (nSPS) is 41.5. The zero-order valence-electron chi connectivity index (χ0n) is 14.5. The van der Waals surface area contributed by atoms with E-state index in [4.69, 9.17) is 0 Å². The zero-order valence-corrected chi connectivity index (χ0v) is 15.3. The van der Waals surface area contributed by atoms with Gasteiger partial charge in [0.15, 0.2) is 0 Å². The van der Waals surface area contributed by atoms with E-state index in [1.807, 2.05) is 0 Å². The molecule has 23 heavy (non-hydrogen) atoms. The molecule has 3 nitrogen and oxygen atoms in total. The van der Waals surface area contributed by atoms with Gasteiger partial charge in [0, 0.05) is 10.8 Å². The van der Waals surface area contributed by atoms with Crippen LogP contribution in [-0.2, 0) is 33.8 Å². The summed E-state index contributed by atoms with van der Waals surface area (Å²) in [5.74, 6) is 1.42. The molecule has 0 N–H and O–H groups in total. The van der Waals surface area contributed by atoms with Crippen LogP contribution >= 0.6 is 0 Å². The average Bonchev–Trinajstić information content (AvgIpc) is 2.38. The van der Waals surface area contributed by atoms with E-state index in [0.29, 0.717) is 17.8 Å². The Kier molecular flexibility index (Phi) is 2.89. The topological polar surface area (TPSA) is 57.2 Å². The Balaban J connectivity index is 0.00000135. The summed E-state index contributed by atoms with van der Waals surface area (Å²) in [7, 11) is -4.39. The van der Waals surface area contributed by atoms with Crippen molar-refractivity contribution >= 4 is 10.1 Å². The van der Waals surface area contributed by atoms with Gasteiger partial charge >= 0.3 is 18.9 Å². The molecular formula is C18H21LiO3S. The fourth-order valence-corrected chi connectivity index (χ4v) is 7.86. The molecule has 1 spiro atoms. The third-order valence-corrected chi connectivity index (χ3v) is 8.76. The van der Waals surface area contributed by atoms with Crippen molar-refractivity contribution in [2.75, 3.05) is 0 Å². The number of hydrogen-bond donors (Lipinski definition) is 0. The Hall–Kier alpha value is -0.273. The molecule has 2 bridgehead atoms. The van der Waals surface area contributed by atoms with Crippen LogP contribution in [0.1, 0.15) is 67.9 Å². The van der Waals surface area contributed by atoms with Gasteiger partial charge in [-0.3, -0.25) is 0 Å². The number of hydrogen-bond acceptors (Lipinski definition) is 3. The molecule has 5 rings (SSSR count). The first kappa shape index (κ1) is 16.2. The summed E-state index contributed by atoms with van der Waals surface area (Å²) in [6.45, 7) is 9.01. The molecule has 1 saturated carbocycles. The summed E-state index contributed by atoms with van der Waals surface area (Å²) in [6.07, 6.45) is 2.85. The maximum atomic E-state index is 12.0. The number of benzene rings is 1. The third-order valence-electron chi connectivity index (χ3n) is 7.81. The molecule has 118 valence electrons. The number of rotatable bonds is 1. The minimum absolute atomic E-state index is 0. The summed E-state index contributed by atoms with van der Waals surface area (Å²) in [4.78, 5) is 0.190. The maximum Gasteiger partial charge on any atom is 1.00 e. The molecule has 0 amide bonds. The molecule has 5 unspecified atom stereocenters. The first-order valence-corrected chi connectivity index (χ1v) is 9.75. The minimum Gasteiger partial charge on any atom is -0.744 e. The Morgan fingerprint density at radius 3 is 2.22 bits per heavy atom. The first-order valence-electron chi connectivity index (χ1n) is 8.34. The van der Waals surface area contributed by atoms with Crippen LogP contribution in [-0.4, -0.2) is 13.0 Å². The van der Waals surface area contributed by atoms with Gasteiger partial charge in [-0.05, 0) is 64.8 Å². The smallest absolute Gasteiger partial charge is 0.744 e. The van der Waals surface area contributed by atoms with Crippen molar-refractivity contribution in [3.8, 4) is 0 Å². The van der Waals surface area contributed by atoms with Crippen LogP contribution < -0.4 is 18.9 Å². The van der Waals surface area contributed by atoms with E-state index >= 15 is 0 Å². The Morgan fingerprint density at radius 2 is 1.70 bits per heavy atom. The van der Waals surface area contributed by atoms with Crippen LogP contribution in [0.4, 0.5) is 0 Å². The fourth-order valence-electron chi connectivity index (χ4n) is 6.83. The van der Waals surface area contributed by atoms with Gasteiger partial charge in [-0.1, -0.05) is 27.7 Å². The standard InChI is InChI=1S/C18H22O3S.Li/c1-8-5-11-13(8)12-6-9(2)18-7-10(3)17(18,4)14(11)15(18)16(12)22(19,20)21;/h8-10H,5-7H2,1-4H3,(H,19,20,21);/q;+1/p-1. The van der Waals surface area contributed by atoms with Gasteiger partial charge in [0.05, 0.1) is 4.90 Å². The third kappa shape index (κ3) is 1.33. The van der Waals surface area contributed by atoms with Crippen LogP contribution in [0.15, 0.2) is 4.90 Å². The van der Waals surface area contributed by atoms with Crippen molar-refractivity contribution in [2.24, 2.45) is 11.8 Å². The van der Waals surface area contributed by atoms with E-state index in [0.717, 1.165) is 30.4 Å². The molecular weight excluding hydrogens is 303 g/mol. The van der Waals surface area contributed by atoms with Gasteiger partial charge in [0.1, 0.15) is 10.1 Å². The summed E-state index contributed by atoms with van der Waals surface area (Å²) >= 11 is 0. The summed E-state index contributed by atoms with van der Waals surface area (Å²) < 4.78 is 36.1. The maximum absolute atomic E-state index is 12.0. The van der Waals surface area contributed by atoms with Crippen molar-refractivity contribution in [2.45, 2.75) is 68.6 Å².